The van der Waals surface area contributed by atoms with Crippen molar-refractivity contribution < 1.29 is 43.2 Å². The number of hydrogen-bond donors (Lipinski definition) is 1. The van der Waals surface area contributed by atoms with Gasteiger partial charge in [0, 0.05) is 0 Å². The van der Waals surface area contributed by atoms with Crippen LogP contribution in [-0.4, -0.2) is 57.1 Å². The number of carbonyl (C=O) groups excluding carboxylic acids is 3. The highest BCUT2D eigenvalue weighted by Crippen LogP contribution is 2.22. The highest BCUT2D eigenvalue weighted by molar-refractivity contribution is 5.90. The Morgan fingerprint density at radius 3 is 1.19 bits per heavy atom. The Morgan fingerprint density at radius 2 is 0.892 bits per heavy atom. The summed E-state index contributed by atoms with van der Waals surface area (Å²) >= 11 is 0. The fraction of sp³-hybridized carbons (Fsp3) is 0.250. The summed E-state index contributed by atoms with van der Waals surface area (Å²) in [6.07, 6.45) is 0. The Kier molecular flexibility index (Phi) is 9.10. The molecule has 0 amide bonds. The van der Waals surface area contributed by atoms with Crippen LogP contribution in [0.4, 0.5) is 0 Å². The van der Waals surface area contributed by atoms with Crippen molar-refractivity contribution in [1.29, 1.82) is 0 Å². The van der Waals surface area contributed by atoms with Crippen molar-refractivity contribution in [1.82, 2.24) is 0 Å². The Morgan fingerprint density at radius 1 is 0.595 bits per heavy atom. The van der Waals surface area contributed by atoms with Gasteiger partial charge >= 0.3 is 17.9 Å². The number of ether oxygens (including phenoxy) is 5. The van der Waals surface area contributed by atoms with Crippen LogP contribution in [0, 0.1) is 5.41 Å². The van der Waals surface area contributed by atoms with E-state index in [1.165, 1.54) is 38.5 Å². The minimum absolute atomic E-state index is 0.0114. The molecule has 0 saturated carbocycles. The van der Waals surface area contributed by atoms with Gasteiger partial charge in [0.2, 0.25) is 0 Å². The SMILES string of the molecule is COc1ccc(C(=O)OCC(C)(COC(=O)c2ccc(O)cc2)COC(=O)c2ccc(OC)cc2)cc1. The van der Waals surface area contributed by atoms with Crippen molar-refractivity contribution in [3.8, 4) is 17.2 Å². The minimum Gasteiger partial charge on any atom is -0.508 e. The monoisotopic (exact) mass is 508 g/mol. The molecular weight excluding hydrogens is 480 g/mol. The first-order chi connectivity index (χ1) is 17.7. The number of esters is 3. The topological polar surface area (TPSA) is 118 Å². The second-order valence-electron chi connectivity index (χ2n) is 8.54. The normalized spacial score (nSPS) is 10.8. The number of aromatic hydroxyl groups is 1. The van der Waals surface area contributed by atoms with Gasteiger partial charge in [-0.3, -0.25) is 0 Å². The minimum atomic E-state index is -1.06. The molecule has 0 atom stereocenters. The van der Waals surface area contributed by atoms with Gasteiger partial charge < -0.3 is 28.8 Å². The lowest BCUT2D eigenvalue weighted by Gasteiger charge is -2.28. The summed E-state index contributed by atoms with van der Waals surface area (Å²) in [6, 6.07) is 18.3. The van der Waals surface area contributed by atoms with E-state index in [-0.39, 0.29) is 31.1 Å². The van der Waals surface area contributed by atoms with Gasteiger partial charge in [-0.05, 0) is 79.7 Å². The Bertz CT molecular complexity index is 1140. The van der Waals surface area contributed by atoms with Crippen LogP contribution >= 0.6 is 0 Å². The molecule has 37 heavy (non-hydrogen) atoms. The van der Waals surface area contributed by atoms with Crippen molar-refractivity contribution in [3.63, 3.8) is 0 Å². The molecule has 1 N–H and O–H groups in total. The number of phenols is 1. The molecule has 3 aromatic rings. The van der Waals surface area contributed by atoms with Gasteiger partial charge in [0.05, 0.1) is 36.3 Å². The second kappa shape index (κ2) is 12.4. The molecular formula is C28H28O9. The van der Waals surface area contributed by atoms with E-state index in [0.29, 0.717) is 22.6 Å². The van der Waals surface area contributed by atoms with Crippen molar-refractivity contribution in [2.75, 3.05) is 34.0 Å². The zero-order valence-corrected chi connectivity index (χ0v) is 20.8. The number of benzene rings is 3. The first-order valence-electron chi connectivity index (χ1n) is 11.3. The highest BCUT2D eigenvalue weighted by atomic mass is 16.6. The van der Waals surface area contributed by atoms with Gasteiger partial charge in [0.15, 0.2) is 0 Å². The van der Waals surface area contributed by atoms with E-state index in [9.17, 15) is 19.5 Å². The van der Waals surface area contributed by atoms with Crippen molar-refractivity contribution in [3.05, 3.63) is 89.5 Å². The van der Waals surface area contributed by atoms with Crippen molar-refractivity contribution in [2.45, 2.75) is 6.92 Å². The molecule has 0 radical (unpaired) electrons. The van der Waals surface area contributed by atoms with Crippen LogP contribution in [0.5, 0.6) is 17.2 Å². The smallest absolute Gasteiger partial charge is 0.338 e. The second-order valence-corrected chi connectivity index (χ2v) is 8.54. The van der Waals surface area contributed by atoms with Gasteiger partial charge in [-0.1, -0.05) is 0 Å². The molecule has 9 heteroatoms. The van der Waals surface area contributed by atoms with Crippen molar-refractivity contribution >= 4 is 17.9 Å². The third kappa shape index (κ3) is 7.73. The molecule has 9 nitrogen and oxygen atoms in total. The Hall–Kier alpha value is -4.53. The molecule has 0 fully saturated rings. The third-order valence-electron chi connectivity index (χ3n) is 5.41. The zero-order chi connectivity index (χ0) is 26.8. The number of carbonyl (C=O) groups is 3. The van der Waals surface area contributed by atoms with Crippen LogP contribution in [0.3, 0.4) is 0 Å². The van der Waals surface area contributed by atoms with E-state index < -0.39 is 23.3 Å². The summed E-state index contributed by atoms with van der Waals surface area (Å²) < 4.78 is 26.6. The Labute approximate surface area is 214 Å². The molecule has 194 valence electrons. The number of methoxy groups -OCH3 is 2. The van der Waals surface area contributed by atoms with Gasteiger partial charge in [-0.2, -0.15) is 0 Å². The molecule has 0 aliphatic carbocycles. The molecule has 0 aromatic heterocycles. The molecule has 3 aromatic carbocycles. The van der Waals surface area contributed by atoms with Crippen LogP contribution in [0.1, 0.15) is 38.0 Å². The summed E-state index contributed by atoms with van der Waals surface area (Å²) in [5, 5.41) is 9.43. The standard InChI is InChI=1S/C28H28O9/c1-28(16-35-25(30)19-4-10-22(29)11-5-19,17-36-26(31)20-6-12-23(33-2)13-7-20)18-37-27(32)21-8-14-24(34-3)15-9-21/h4-15,29H,16-18H2,1-3H3. The van der Waals surface area contributed by atoms with Crippen LogP contribution < -0.4 is 9.47 Å². The van der Waals surface area contributed by atoms with E-state index in [0.717, 1.165) is 0 Å². The lowest BCUT2D eigenvalue weighted by molar-refractivity contribution is -0.0287. The molecule has 0 bridgehead atoms. The molecule has 0 heterocycles. The van der Waals surface area contributed by atoms with Crippen LogP contribution in [0.15, 0.2) is 72.8 Å². The summed E-state index contributed by atoms with van der Waals surface area (Å²) in [5.74, 6) is -0.646. The van der Waals surface area contributed by atoms with E-state index in [1.54, 1.807) is 55.5 Å². The molecule has 0 aliphatic heterocycles. The summed E-state index contributed by atoms with van der Waals surface area (Å²) in [4.78, 5) is 37.7. The number of hydrogen-bond acceptors (Lipinski definition) is 9. The summed E-state index contributed by atoms with van der Waals surface area (Å²) in [5.41, 5.74) is -0.221. The Balaban J connectivity index is 1.68. The van der Waals surface area contributed by atoms with E-state index in [4.69, 9.17) is 23.7 Å². The van der Waals surface area contributed by atoms with Crippen LogP contribution in [0.2, 0.25) is 0 Å². The lowest BCUT2D eigenvalue weighted by atomic mass is 9.94. The maximum atomic E-state index is 12.6. The third-order valence-corrected chi connectivity index (χ3v) is 5.41. The quantitative estimate of drug-likeness (QED) is 0.299. The number of phenolic OH excluding ortho intramolecular Hbond substituents is 1. The van der Waals surface area contributed by atoms with Gasteiger partial charge in [-0.15, -0.1) is 0 Å². The first-order valence-corrected chi connectivity index (χ1v) is 11.3. The van der Waals surface area contributed by atoms with E-state index in [1.807, 2.05) is 0 Å². The highest BCUT2D eigenvalue weighted by Gasteiger charge is 2.31. The largest absolute Gasteiger partial charge is 0.508 e. The lowest BCUT2D eigenvalue weighted by Crippen LogP contribution is -2.37. The molecule has 3 rings (SSSR count). The molecule has 0 spiro atoms. The summed E-state index contributed by atoms with van der Waals surface area (Å²) in [7, 11) is 3.04. The van der Waals surface area contributed by atoms with Gasteiger partial charge in [-0.25, -0.2) is 14.4 Å². The van der Waals surface area contributed by atoms with Crippen LogP contribution in [0.25, 0.3) is 0 Å². The van der Waals surface area contributed by atoms with E-state index in [2.05, 4.69) is 0 Å². The molecule has 0 saturated heterocycles. The predicted molar refractivity (Wildman–Crippen MR) is 133 cm³/mol. The fourth-order valence-corrected chi connectivity index (χ4v) is 3.15. The van der Waals surface area contributed by atoms with E-state index >= 15 is 0 Å². The average molecular weight is 509 g/mol. The maximum absolute atomic E-state index is 12.6. The average Bonchev–Trinajstić information content (AvgIpc) is 2.94. The zero-order valence-electron chi connectivity index (χ0n) is 20.8. The first kappa shape index (κ1) is 27.1. The van der Waals surface area contributed by atoms with Gasteiger partial charge in [0.1, 0.15) is 37.1 Å². The van der Waals surface area contributed by atoms with Crippen LogP contribution in [-0.2, 0) is 14.2 Å². The van der Waals surface area contributed by atoms with Gasteiger partial charge in [0.25, 0.3) is 0 Å². The predicted octanol–water partition coefficient (Wildman–Crippen LogP) is 4.29. The van der Waals surface area contributed by atoms with Crippen molar-refractivity contribution in [2.24, 2.45) is 5.41 Å². The molecule has 0 unspecified atom stereocenters. The summed E-state index contributed by atoms with van der Waals surface area (Å²) in [6.45, 7) is 1.06. The maximum Gasteiger partial charge on any atom is 0.338 e. The molecule has 0 aliphatic rings. The fourth-order valence-electron chi connectivity index (χ4n) is 3.15. The number of rotatable bonds is 11.